The van der Waals surface area contributed by atoms with Crippen molar-refractivity contribution in [2.24, 2.45) is 0 Å². The molecule has 0 aliphatic rings. The van der Waals surface area contributed by atoms with Crippen LogP contribution in [0.4, 0.5) is 17.1 Å². The predicted molar refractivity (Wildman–Crippen MR) is 74.0 cm³/mol. The number of rotatable bonds is 3. The molecule has 100 valence electrons. The number of hydrogen-bond acceptors (Lipinski definition) is 5. The molecule has 6 nitrogen and oxygen atoms in total. The summed E-state index contributed by atoms with van der Waals surface area (Å²) in [4.78, 5) is 12.0. The van der Waals surface area contributed by atoms with E-state index in [2.05, 4.69) is 0 Å². The molecule has 0 fully saturated rings. The van der Waals surface area contributed by atoms with Crippen molar-refractivity contribution in [3.05, 3.63) is 58.1 Å². The number of phenols is 1. The van der Waals surface area contributed by atoms with E-state index in [1.54, 1.807) is 48.3 Å². The molecule has 1 N–H and O–H groups in total. The molecule has 0 spiro atoms. The quantitative estimate of drug-likeness (QED) is 0.683. The average molecular weight is 269 g/mol. The van der Waals surface area contributed by atoms with E-state index in [1.807, 2.05) is 0 Å². The molecule has 0 unspecified atom stereocenters. The van der Waals surface area contributed by atoms with E-state index in [0.717, 1.165) is 0 Å². The van der Waals surface area contributed by atoms with Gasteiger partial charge in [-0.25, -0.2) is 0 Å². The lowest BCUT2D eigenvalue weighted by atomic mass is 10.1. The fraction of sp³-hybridized carbons (Fsp3) is 0.0714. The zero-order chi connectivity index (χ0) is 14.7. The SMILES string of the molecule is CN(c1cccc(O)c1)c1ccc(C#N)c([N+](=O)[O-])c1. The van der Waals surface area contributed by atoms with Gasteiger partial charge in [-0.1, -0.05) is 6.07 Å². The molecular weight excluding hydrogens is 258 g/mol. The molecule has 0 aliphatic carbocycles. The lowest BCUT2D eigenvalue weighted by molar-refractivity contribution is -0.385. The highest BCUT2D eigenvalue weighted by atomic mass is 16.6. The molecule has 2 rings (SSSR count). The Morgan fingerprint density at radius 3 is 2.55 bits per heavy atom. The number of benzene rings is 2. The summed E-state index contributed by atoms with van der Waals surface area (Å²) < 4.78 is 0. The Morgan fingerprint density at radius 1 is 1.25 bits per heavy atom. The van der Waals surface area contributed by atoms with Crippen LogP contribution in [-0.4, -0.2) is 17.1 Å². The van der Waals surface area contributed by atoms with E-state index >= 15 is 0 Å². The molecule has 0 saturated heterocycles. The van der Waals surface area contributed by atoms with Gasteiger partial charge in [0.2, 0.25) is 0 Å². The Bertz CT molecular complexity index is 707. The second-order valence-corrected chi connectivity index (χ2v) is 4.15. The topological polar surface area (TPSA) is 90.4 Å². The van der Waals surface area contributed by atoms with Crippen LogP contribution in [0, 0.1) is 21.4 Å². The van der Waals surface area contributed by atoms with Crippen LogP contribution in [0.25, 0.3) is 0 Å². The third kappa shape index (κ3) is 2.52. The van der Waals surface area contributed by atoms with Crippen LogP contribution < -0.4 is 4.90 Å². The summed E-state index contributed by atoms with van der Waals surface area (Å²) in [6, 6.07) is 12.7. The summed E-state index contributed by atoms with van der Waals surface area (Å²) >= 11 is 0. The molecule has 6 heteroatoms. The highest BCUT2D eigenvalue weighted by Crippen LogP contribution is 2.30. The summed E-state index contributed by atoms with van der Waals surface area (Å²) in [6.45, 7) is 0. The maximum atomic E-state index is 10.9. The molecular formula is C14H11N3O3. The average Bonchev–Trinajstić information content (AvgIpc) is 2.45. The molecule has 2 aromatic rings. The largest absolute Gasteiger partial charge is 0.508 e. The Kier molecular flexibility index (Phi) is 3.53. The number of aromatic hydroxyl groups is 1. The molecule has 0 aliphatic heterocycles. The molecule has 20 heavy (non-hydrogen) atoms. The monoisotopic (exact) mass is 269 g/mol. The first kappa shape index (κ1) is 13.4. The van der Waals surface area contributed by atoms with Crippen molar-refractivity contribution in [1.29, 1.82) is 5.26 Å². The first-order valence-corrected chi connectivity index (χ1v) is 5.74. The van der Waals surface area contributed by atoms with E-state index in [-0.39, 0.29) is 17.0 Å². The number of nitrogens with zero attached hydrogens (tertiary/aromatic N) is 3. The summed E-state index contributed by atoms with van der Waals surface area (Å²) in [7, 11) is 1.72. The minimum atomic E-state index is -0.585. The van der Waals surface area contributed by atoms with Crippen molar-refractivity contribution >= 4 is 17.1 Å². The molecule has 0 bridgehead atoms. The minimum Gasteiger partial charge on any atom is -0.508 e. The predicted octanol–water partition coefficient (Wildman–Crippen LogP) is 2.94. The lowest BCUT2D eigenvalue weighted by Gasteiger charge is -2.19. The van der Waals surface area contributed by atoms with Gasteiger partial charge in [0.15, 0.2) is 0 Å². The standard InChI is InChI=1S/C14H11N3O3/c1-16(11-3-2-4-13(18)7-11)12-6-5-10(9-15)14(8-12)17(19)20/h2-8,18H,1H3. The normalized spacial score (nSPS) is 9.80. The van der Waals surface area contributed by atoms with Crippen LogP contribution in [0.1, 0.15) is 5.56 Å². The smallest absolute Gasteiger partial charge is 0.289 e. The summed E-state index contributed by atoms with van der Waals surface area (Å²) in [5.74, 6) is 0.109. The van der Waals surface area contributed by atoms with Gasteiger partial charge < -0.3 is 10.0 Å². The minimum absolute atomic E-state index is 0.0167. The number of phenolic OH excluding ortho intramolecular Hbond substituents is 1. The van der Waals surface area contributed by atoms with Crippen LogP contribution >= 0.6 is 0 Å². The zero-order valence-corrected chi connectivity index (χ0v) is 10.6. The third-order valence-corrected chi connectivity index (χ3v) is 2.90. The number of nitro groups is 1. The molecule has 0 heterocycles. The Hall–Kier alpha value is -3.07. The highest BCUT2D eigenvalue weighted by molar-refractivity contribution is 5.68. The number of hydrogen-bond donors (Lipinski definition) is 1. The van der Waals surface area contributed by atoms with Crippen LogP contribution in [0.5, 0.6) is 5.75 Å². The Morgan fingerprint density at radius 2 is 1.95 bits per heavy atom. The molecule has 0 atom stereocenters. The fourth-order valence-corrected chi connectivity index (χ4v) is 1.82. The van der Waals surface area contributed by atoms with Gasteiger partial charge in [-0.05, 0) is 24.3 Å². The number of nitriles is 1. The van der Waals surface area contributed by atoms with E-state index in [0.29, 0.717) is 11.4 Å². The van der Waals surface area contributed by atoms with E-state index in [9.17, 15) is 15.2 Å². The molecule has 0 amide bonds. The maximum absolute atomic E-state index is 10.9. The second kappa shape index (κ2) is 5.28. The first-order chi connectivity index (χ1) is 9.52. The van der Waals surface area contributed by atoms with Gasteiger partial charge in [0.05, 0.1) is 4.92 Å². The Labute approximate surface area is 115 Å². The van der Waals surface area contributed by atoms with Gasteiger partial charge in [0, 0.05) is 30.6 Å². The molecule has 0 aromatic heterocycles. The summed E-state index contributed by atoms with van der Waals surface area (Å²) in [6.07, 6.45) is 0. The maximum Gasteiger partial charge on any atom is 0.289 e. The molecule has 2 aromatic carbocycles. The zero-order valence-electron chi connectivity index (χ0n) is 10.6. The van der Waals surface area contributed by atoms with Gasteiger partial charge >= 0.3 is 0 Å². The van der Waals surface area contributed by atoms with E-state index in [1.165, 1.54) is 12.1 Å². The van der Waals surface area contributed by atoms with E-state index in [4.69, 9.17) is 5.26 Å². The van der Waals surface area contributed by atoms with Crippen molar-refractivity contribution in [2.75, 3.05) is 11.9 Å². The second-order valence-electron chi connectivity index (χ2n) is 4.15. The van der Waals surface area contributed by atoms with Crippen LogP contribution in [-0.2, 0) is 0 Å². The molecule has 0 radical (unpaired) electrons. The van der Waals surface area contributed by atoms with Crippen molar-refractivity contribution in [3.8, 4) is 11.8 Å². The van der Waals surface area contributed by atoms with Crippen LogP contribution in [0.3, 0.4) is 0 Å². The lowest BCUT2D eigenvalue weighted by Crippen LogP contribution is -2.09. The third-order valence-electron chi connectivity index (χ3n) is 2.90. The van der Waals surface area contributed by atoms with Gasteiger partial charge in [0.25, 0.3) is 5.69 Å². The van der Waals surface area contributed by atoms with Gasteiger partial charge in [0.1, 0.15) is 17.4 Å². The van der Waals surface area contributed by atoms with Gasteiger partial charge in [-0.2, -0.15) is 5.26 Å². The summed E-state index contributed by atoms with van der Waals surface area (Å²) in [5, 5.41) is 29.2. The van der Waals surface area contributed by atoms with E-state index < -0.39 is 4.92 Å². The van der Waals surface area contributed by atoms with Crippen LogP contribution in [0.15, 0.2) is 42.5 Å². The van der Waals surface area contributed by atoms with Gasteiger partial charge in [-0.15, -0.1) is 0 Å². The van der Waals surface area contributed by atoms with Gasteiger partial charge in [-0.3, -0.25) is 10.1 Å². The fourth-order valence-electron chi connectivity index (χ4n) is 1.82. The van der Waals surface area contributed by atoms with Crippen molar-refractivity contribution < 1.29 is 10.0 Å². The summed E-state index contributed by atoms with van der Waals surface area (Å²) in [5.41, 5.74) is 1.02. The number of anilines is 2. The van der Waals surface area contributed by atoms with Crippen molar-refractivity contribution in [1.82, 2.24) is 0 Å². The first-order valence-electron chi connectivity index (χ1n) is 5.74. The van der Waals surface area contributed by atoms with Crippen molar-refractivity contribution in [2.45, 2.75) is 0 Å². The van der Waals surface area contributed by atoms with Crippen molar-refractivity contribution in [3.63, 3.8) is 0 Å². The Balaban J connectivity index is 2.46. The van der Waals surface area contributed by atoms with Crippen LogP contribution in [0.2, 0.25) is 0 Å². The number of nitro benzene ring substituents is 1. The molecule has 0 saturated carbocycles. The highest BCUT2D eigenvalue weighted by Gasteiger charge is 2.16.